The van der Waals surface area contributed by atoms with E-state index in [4.69, 9.17) is 4.74 Å². The molecule has 1 rings (SSSR count). The third-order valence-corrected chi connectivity index (χ3v) is 4.38. The predicted octanol–water partition coefficient (Wildman–Crippen LogP) is 1.55. The maximum Gasteiger partial charge on any atom is 0.317 e. The molecule has 0 aromatic heterocycles. The molecule has 1 fully saturated rings. The highest BCUT2D eigenvalue weighted by molar-refractivity contribution is 5.78. The monoisotopic (exact) mass is 286 g/mol. The van der Waals surface area contributed by atoms with Crippen LogP contribution in [0.25, 0.3) is 0 Å². The Bertz CT molecular complexity index is 351. The fourth-order valence-corrected chi connectivity index (χ4v) is 2.23. The highest BCUT2D eigenvalue weighted by Gasteiger charge is 2.40. The van der Waals surface area contributed by atoms with Crippen molar-refractivity contribution < 1.29 is 19.4 Å². The van der Waals surface area contributed by atoms with Crippen LogP contribution in [0.4, 0.5) is 4.79 Å². The number of ether oxygens (including phenoxy) is 1. The van der Waals surface area contributed by atoms with E-state index in [0.29, 0.717) is 32.0 Å². The number of hydrogen-bond donors (Lipinski definition) is 2. The number of rotatable bonds is 5. The summed E-state index contributed by atoms with van der Waals surface area (Å²) in [5.74, 6) is -0.511. The lowest BCUT2D eigenvalue weighted by Gasteiger charge is -2.34. The van der Waals surface area contributed by atoms with Crippen LogP contribution in [0.1, 0.15) is 33.6 Å². The molecule has 20 heavy (non-hydrogen) atoms. The highest BCUT2D eigenvalue weighted by atomic mass is 16.5. The van der Waals surface area contributed by atoms with Crippen molar-refractivity contribution in [3.63, 3.8) is 0 Å². The average molecular weight is 286 g/mol. The standard InChI is InChI=1S/C14H26N2O4/c1-10(2)11(3)16(4)13(19)15-9-14(12(17)18)5-7-20-8-6-14/h10-11H,5-9H2,1-4H3,(H,15,19)(H,17,18). The number of nitrogens with zero attached hydrogens (tertiary/aromatic N) is 1. The van der Waals surface area contributed by atoms with Crippen LogP contribution in [-0.4, -0.2) is 54.9 Å². The molecule has 1 heterocycles. The van der Waals surface area contributed by atoms with E-state index < -0.39 is 11.4 Å². The second kappa shape index (κ2) is 6.92. The molecule has 6 heteroatoms. The summed E-state index contributed by atoms with van der Waals surface area (Å²) in [4.78, 5) is 25.2. The molecule has 116 valence electrons. The molecule has 6 nitrogen and oxygen atoms in total. The fourth-order valence-electron chi connectivity index (χ4n) is 2.23. The molecule has 0 radical (unpaired) electrons. The van der Waals surface area contributed by atoms with Crippen molar-refractivity contribution in [1.29, 1.82) is 0 Å². The Hall–Kier alpha value is -1.30. The zero-order chi connectivity index (χ0) is 15.3. The van der Waals surface area contributed by atoms with Gasteiger partial charge in [0.1, 0.15) is 0 Å². The number of hydrogen-bond acceptors (Lipinski definition) is 3. The van der Waals surface area contributed by atoms with Gasteiger partial charge in [0.05, 0.1) is 5.41 Å². The first-order valence-electron chi connectivity index (χ1n) is 7.12. The van der Waals surface area contributed by atoms with E-state index >= 15 is 0 Å². The topological polar surface area (TPSA) is 78.9 Å². The Morgan fingerprint density at radius 2 is 1.85 bits per heavy atom. The van der Waals surface area contributed by atoms with E-state index in [-0.39, 0.29) is 18.6 Å². The van der Waals surface area contributed by atoms with Crippen molar-refractivity contribution in [3.05, 3.63) is 0 Å². The summed E-state index contributed by atoms with van der Waals surface area (Å²) in [6, 6.07) is -0.121. The van der Waals surface area contributed by atoms with Gasteiger partial charge in [-0.15, -0.1) is 0 Å². The van der Waals surface area contributed by atoms with Crippen LogP contribution in [0, 0.1) is 11.3 Å². The molecule has 1 aliphatic rings. The van der Waals surface area contributed by atoms with Gasteiger partial charge in [-0.1, -0.05) is 13.8 Å². The molecule has 0 aliphatic carbocycles. The van der Waals surface area contributed by atoms with Gasteiger partial charge in [-0.3, -0.25) is 4.79 Å². The minimum atomic E-state index is -0.893. The maximum absolute atomic E-state index is 12.1. The first kappa shape index (κ1) is 16.8. The van der Waals surface area contributed by atoms with Crippen molar-refractivity contribution >= 4 is 12.0 Å². The number of carboxylic acids is 1. The Morgan fingerprint density at radius 3 is 2.30 bits per heavy atom. The van der Waals surface area contributed by atoms with E-state index in [2.05, 4.69) is 5.32 Å². The summed E-state index contributed by atoms with van der Waals surface area (Å²) >= 11 is 0. The zero-order valence-electron chi connectivity index (χ0n) is 12.8. The lowest BCUT2D eigenvalue weighted by molar-refractivity contribution is -0.154. The third kappa shape index (κ3) is 3.85. The Balaban J connectivity index is 2.59. The third-order valence-electron chi connectivity index (χ3n) is 4.38. The average Bonchev–Trinajstić information content (AvgIpc) is 2.43. The summed E-state index contributed by atoms with van der Waals surface area (Å²) < 4.78 is 5.21. The first-order valence-corrected chi connectivity index (χ1v) is 7.12. The van der Waals surface area contributed by atoms with Crippen LogP contribution in [0.5, 0.6) is 0 Å². The fraction of sp³-hybridized carbons (Fsp3) is 0.857. The van der Waals surface area contributed by atoms with Crippen molar-refractivity contribution in [1.82, 2.24) is 10.2 Å². The smallest absolute Gasteiger partial charge is 0.317 e. The molecule has 0 saturated carbocycles. The molecule has 0 aromatic rings. The lowest BCUT2D eigenvalue weighted by atomic mass is 9.80. The molecule has 0 spiro atoms. The van der Waals surface area contributed by atoms with Gasteiger partial charge in [0.2, 0.25) is 0 Å². The van der Waals surface area contributed by atoms with Crippen LogP contribution >= 0.6 is 0 Å². The number of carbonyl (C=O) groups is 2. The number of amides is 2. The van der Waals surface area contributed by atoms with Crippen LogP contribution in [-0.2, 0) is 9.53 Å². The van der Waals surface area contributed by atoms with Crippen molar-refractivity contribution in [2.24, 2.45) is 11.3 Å². The molecule has 0 aromatic carbocycles. The molecule has 1 atom stereocenters. The minimum absolute atomic E-state index is 0.102. The maximum atomic E-state index is 12.1. The second-order valence-corrected chi connectivity index (χ2v) is 5.95. The normalized spacial score (nSPS) is 19.4. The zero-order valence-corrected chi connectivity index (χ0v) is 12.8. The van der Waals surface area contributed by atoms with Crippen LogP contribution in [0.2, 0.25) is 0 Å². The second-order valence-electron chi connectivity index (χ2n) is 5.95. The van der Waals surface area contributed by atoms with Gasteiger partial charge in [-0.2, -0.15) is 0 Å². The molecular formula is C14H26N2O4. The van der Waals surface area contributed by atoms with Gasteiger partial charge in [-0.25, -0.2) is 4.79 Å². The van der Waals surface area contributed by atoms with Gasteiger partial charge < -0.3 is 20.1 Å². The number of carbonyl (C=O) groups excluding carboxylic acids is 1. The van der Waals surface area contributed by atoms with E-state index in [0.717, 1.165) is 0 Å². The lowest BCUT2D eigenvalue weighted by Crippen LogP contribution is -2.51. The Kier molecular flexibility index (Phi) is 5.80. The quantitative estimate of drug-likeness (QED) is 0.804. The molecule has 2 amide bonds. The molecule has 2 N–H and O–H groups in total. The van der Waals surface area contributed by atoms with Crippen molar-refractivity contribution in [2.45, 2.75) is 39.7 Å². The SMILES string of the molecule is CC(C)C(C)N(C)C(=O)NCC1(C(=O)O)CCOCC1. The predicted molar refractivity (Wildman–Crippen MR) is 75.6 cm³/mol. The minimum Gasteiger partial charge on any atom is -0.481 e. The van der Waals surface area contributed by atoms with Crippen LogP contribution < -0.4 is 5.32 Å². The van der Waals surface area contributed by atoms with Gasteiger partial charge in [0, 0.05) is 32.8 Å². The van der Waals surface area contributed by atoms with Crippen LogP contribution in [0.3, 0.4) is 0 Å². The van der Waals surface area contributed by atoms with Crippen LogP contribution in [0.15, 0.2) is 0 Å². The number of urea groups is 1. The molecular weight excluding hydrogens is 260 g/mol. The summed E-state index contributed by atoms with van der Waals surface area (Å²) in [7, 11) is 1.73. The summed E-state index contributed by atoms with van der Waals surface area (Å²) in [5.41, 5.74) is -0.893. The Labute approximate surface area is 120 Å². The number of aliphatic carboxylic acids is 1. The highest BCUT2D eigenvalue weighted by Crippen LogP contribution is 2.30. The Morgan fingerprint density at radius 1 is 1.30 bits per heavy atom. The van der Waals surface area contributed by atoms with E-state index in [1.807, 2.05) is 20.8 Å². The van der Waals surface area contributed by atoms with Gasteiger partial charge in [0.15, 0.2) is 0 Å². The molecule has 1 saturated heterocycles. The molecule has 1 unspecified atom stereocenters. The van der Waals surface area contributed by atoms with E-state index in [1.165, 1.54) is 0 Å². The largest absolute Gasteiger partial charge is 0.481 e. The van der Waals surface area contributed by atoms with E-state index in [9.17, 15) is 14.7 Å². The summed E-state index contributed by atoms with van der Waals surface area (Å²) in [5, 5.41) is 12.2. The van der Waals surface area contributed by atoms with E-state index in [1.54, 1.807) is 11.9 Å². The van der Waals surface area contributed by atoms with Gasteiger partial charge in [0.25, 0.3) is 0 Å². The van der Waals surface area contributed by atoms with Gasteiger partial charge in [-0.05, 0) is 25.7 Å². The molecule has 1 aliphatic heterocycles. The summed E-state index contributed by atoms with van der Waals surface area (Å²) in [6.45, 7) is 7.09. The number of carboxylic acid groups (broad SMARTS) is 1. The van der Waals surface area contributed by atoms with Crippen molar-refractivity contribution in [3.8, 4) is 0 Å². The number of nitrogens with one attached hydrogen (secondary N) is 1. The summed E-state index contributed by atoms with van der Waals surface area (Å²) in [6.07, 6.45) is 0.873. The first-order chi connectivity index (χ1) is 9.30. The van der Waals surface area contributed by atoms with Crippen molar-refractivity contribution in [2.75, 3.05) is 26.8 Å². The van der Waals surface area contributed by atoms with Gasteiger partial charge >= 0.3 is 12.0 Å². The molecule has 0 bridgehead atoms.